The number of amides is 1. The molecule has 0 bridgehead atoms. The van der Waals surface area contributed by atoms with Gasteiger partial charge in [0.05, 0.1) is 30.7 Å². The van der Waals surface area contributed by atoms with Crippen molar-refractivity contribution in [1.82, 2.24) is 5.32 Å². The van der Waals surface area contributed by atoms with E-state index < -0.39 is 6.04 Å². The van der Waals surface area contributed by atoms with E-state index in [1.807, 2.05) is 30.3 Å². The molecule has 4 aromatic rings. The third-order valence-corrected chi connectivity index (χ3v) is 5.24. The summed E-state index contributed by atoms with van der Waals surface area (Å²) in [6, 6.07) is 20.6. The molecule has 4 rings (SSSR count). The van der Waals surface area contributed by atoms with Gasteiger partial charge in [-0.1, -0.05) is 42.5 Å². The maximum Gasteiger partial charge on any atom is 0.258 e. The molecule has 0 aliphatic rings. The number of rotatable bonds is 8. The Morgan fingerprint density at radius 3 is 2.45 bits per heavy atom. The molecule has 0 aliphatic heterocycles. The standard InChI is InChI=1S/C26H23NO6/c1-31-19-9-7-17(8-10-19)22-15-33-24-13-20(11-12-21(24)26(22)30)32-16-25(29)27-23(14-28)18-5-3-2-4-6-18/h2-13,15,23,28H,14,16H2,1H3,(H,27,29). The molecule has 1 amide bonds. The van der Waals surface area contributed by atoms with Crippen LogP contribution >= 0.6 is 0 Å². The van der Waals surface area contributed by atoms with Gasteiger partial charge in [-0.05, 0) is 35.4 Å². The van der Waals surface area contributed by atoms with Crippen LogP contribution in [-0.4, -0.2) is 31.3 Å². The lowest BCUT2D eigenvalue weighted by atomic mass is 10.1. The van der Waals surface area contributed by atoms with Crippen molar-refractivity contribution in [2.45, 2.75) is 6.04 Å². The predicted molar refractivity (Wildman–Crippen MR) is 124 cm³/mol. The molecule has 7 nitrogen and oxygen atoms in total. The Bertz CT molecular complexity index is 1300. The van der Waals surface area contributed by atoms with E-state index in [1.165, 1.54) is 6.26 Å². The summed E-state index contributed by atoms with van der Waals surface area (Å²) in [4.78, 5) is 25.2. The van der Waals surface area contributed by atoms with Crippen LogP contribution in [0.15, 0.2) is 88.3 Å². The Kier molecular flexibility index (Phi) is 6.71. The van der Waals surface area contributed by atoms with E-state index in [9.17, 15) is 14.7 Å². The van der Waals surface area contributed by atoms with Crippen LogP contribution in [0.4, 0.5) is 0 Å². The number of ether oxygens (including phenoxy) is 2. The second-order valence-electron chi connectivity index (χ2n) is 7.37. The molecule has 1 atom stereocenters. The molecule has 33 heavy (non-hydrogen) atoms. The number of hydrogen-bond donors (Lipinski definition) is 2. The minimum Gasteiger partial charge on any atom is -0.497 e. The molecule has 0 radical (unpaired) electrons. The zero-order valence-corrected chi connectivity index (χ0v) is 18.0. The molecule has 168 valence electrons. The molecule has 2 N–H and O–H groups in total. The fourth-order valence-corrected chi connectivity index (χ4v) is 3.47. The van der Waals surface area contributed by atoms with Crippen LogP contribution in [0.5, 0.6) is 11.5 Å². The lowest BCUT2D eigenvalue weighted by molar-refractivity contribution is -0.124. The van der Waals surface area contributed by atoms with Crippen LogP contribution in [0.2, 0.25) is 0 Å². The van der Waals surface area contributed by atoms with Gasteiger partial charge in [0, 0.05) is 6.07 Å². The number of aliphatic hydroxyl groups excluding tert-OH is 1. The van der Waals surface area contributed by atoms with E-state index >= 15 is 0 Å². The predicted octanol–water partition coefficient (Wildman–Crippen LogP) is 3.70. The molecule has 0 aliphatic carbocycles. The van der Waals surface area contributed by atoms with Gasteiger partial charge >= 0.3 is 0 Å². The highest BCUT2D eigenvalue weighted by atomic mass is 16.5. The Morgan fingerprint density at radius 2 is 1.76 bits per heavy atom. The summed E-state index contributed by atoms with van der Waals surface area (Å²) in [5.74, 6) is 0.705. The maximum atomic E-state index is 12.9. The number of benzene rings is 3. The Morgan fingerprint density at radius 1 is 1.03 bits per heavy atom. The molecule has 0 saturated heterocycles. The van der Waals surface area contributed by atoms with Gasteiger partial charge in [-0.3, -0.25) is 9.59 Å². The fourth-order valence-electron chi connectivity index (χ4n) is 3.47. The zero-order valence-electron chi connectivity index (χ0n) is 18.0. The molecule has 3 aromatic carbocycles. The topological polar surface area (TPSA) is 98.0 Å². The zero-order chi connectivity index (χ0) is 23.2. The summed E-state index contributed by atoms with van der Waals surface area (Å²) in [5, 5.41) is 12.7. The van der Waals surface area contributed by atoms with Crippen molar-refractivity contribution in [3.63, 3.8) is 0 Å². The van der Waals surface area contributed by atoms with Crippen LogP contribution in [0.3, 0.4) is 0 Å². The summed E-state index contributed by atoms with van der Waals surface area (Å²) in [5.41, 5.74) is 2.15. The molecule has 0 fully saturated rings. The summed E-state index contributed by atoms with van der Waals surface area (Å²) in [7, 11) is 1.58. The summed E-state index contributed by atoms with van der Waals surface area (Å²) < 4.78 is 16.4. The largest absolute Gasteiger partial charge is 0.497 e. The van der Waals surface area contributed by atoms with Gasteiger partial charge in [-0.2, -0.15) is 0 Å². The van der Waals surface area contributed by atoms with Crippen molar-refractivity contribution in [3.05, 3.63) is 94.8 Å². The highest BCUT2D eigenvalue weighted by Crippen LogP contribution is 2.24. The van der Waals surface area contributed by atoms with E-state index in [0.29, 0.717) is 28.0 Å². The number of carbonyl (C=O) groups is 1. The van der Waals surface area contributed by atoms with Crippen molar-refractivity contribution in [2.75, 3.05) is 20.3 Å². The summed E-state index contributed by atoms with van der Waals surface area (Å²) in [6.45, 7) is -0.476. The first-order valence-electron chi connectivity index (χ1n) is 10.4. The molecular formula is C26H23NO6. The minimum atomic E-state index is -0.520. The van der Waals surface area contributed by atoms with E-state index in [0.717, 1.165) is 11.1 Å². The van der Waals surface area contributed by atoms with Gasteiger partial charge in [0.15, 0.2) is 12.0 Å². The molecule has 1 unspecified atom stereocenters. The monoisotopic (exact) mass is 445 g/mol. The van der Waals surface area contributed by atoms with Gasteiger partial charge < -0.3 is 24.3 Å². The summed E-state index contributed by atoms with van der Waals surface area (Å²) in [6.07, 6.45) is 1.41. The first-order valence-corrected chi connectivity index (χ1v) is 10.4. The average Bonchev–Trinajstić information content (AvgIpc) is 2.87. The third-order valence-electron chi connectivity index (χ3n) is 5.24. The number of methoxy groups -OCH3 is 1. The third kappa shape index (κ3) is 5.05. The van der Waals surface area contributed by atoms with Crippen molar-refractivity contribution >= 4 is 16.9 Å². The van der Waals surface area contributed by atoms with Crippen molar-refractivity contribution in [3.8, 4) is 22.6 Å². The Balaban J connectivity index is 1.46. The van der Waals surface area contributed by atoms with Crippen LogP contribution in [0.1, 0.15) is 11.6 Å². The highest BCUT2D eigenvalue weighted by molar-refractivity contribution is 5.83. The van der Waals surface area contributed by atoms with Gasteiger partial charge in [0.2, 0.25) is 0 Å². The van der Waals surface area contributed by atoms with E-state index in [4.69, 9.17) is 13.9 Å². The molecule has 1 heterocycles. The Labute approximate surface area is 190 Å². The minimum absolute atomic E-state index is 0.167. The van der Waals surface area contributed by atoms with Crippen molar-refractivity contribution < 1.29 is 23.8 Å². The quantitative estimate of drug-likeness (QED) is 0.429. The number of carbonyl (C=O) groups excluding carboxylic acids is 1. The number of aliphatic hydroxyl groups is 1. The summed E-state index contributed by atoms with van der Waals surface area (Å²) >= 11 is 0. The van der Waals surface area contributed by atoms with E-state index in [1.54, 1.807) is 49.6 Å². The van der Waals surface area contributed by atoms with Crippen molar-refractivity contribution in [1.29, 1.82) is 0 Å². The van der Waals surface area contributed by atoms with Crippen LogP contribution in [0.25, 0.3) is 22.1 Å². The lowest BCUT2D eigenvalue weighted by Gasteiger charge is -2.17. The average molecular weight is 445 g/mol. The van der Waals surface area contributed by atoms with Gasteiger partial charge in [0.25, 0.3) is 5.91 Å². The van der Waals surface area contributed by atoms with E-state index in [-0.39, 0.29) is 24.5 Å². The normalized spacial score (nSPS) is 11.7. The first-order chi connectivity index (χ1) is 16.1. The lowest BCUT2D eigenvalue weighted by Crippen LogP contribution is -2.34. The number of nitrogens with one attached hydrogen (secondary N) is 1. The smallest absolute Gasteiger partial charge is 0.258 e. The molecule has 0 saturated carbocycles. The number of fused-ring (bicyclic) bond motifs is 1. The maximum absolute atomic E-state index is 12.9. The van der Waals surface area contributed by atoms with E-state index in [2.05, 4.69) is 5.32 Å². The van der Waals surface area contributed by atoms with Crippen LogP contribution < -0.4 is 20.2 Å². The van der Waals surface area contributed by atoms with Gasteiger partial charge in [-0.15, -0.1) is 0 Å². The van der Waals surface area contributed by atoms with Crippen LogP contribution in [-0.2, 0) is 4.79 Å². The first kappa shape index (κ1) is 22.1. The highest BCUT2D eigenvalue weighted by Gasteiger charge is 2.15. The van der Waals surface area contributed by atoms with Crippen molar-refractivity contribution in [2.24, 2.45) is 0 Å². The van der Waals surface area contributed by atoms with Gasteiger partial charge in [-0.25, -0.2) is 0 Å². The second kappa shape index (κ2) is 10.0. The molecule has 1 aromatic heterocycles. The van der Waals surface area contributed by atoms with Gasteiger partial charge in [0.1, 0.15) is 23.3 Å². The molecule has 0 spiro atoms. The molecule has 7 heteroatoms. The molecular weight excluding hydrogens is 422 g/mol. The SMILES string of the molecule is COc1ccc(-c2coc3cc(OCC(=O)NC(CO)c4ccccc4)ccc3c2=O)cc1. The number of hydrogen-bond acceptors (Lipinski definition) is 6. The Hall–Kier alpha value is -4.10. The fraction of sp³-hybridized carbons (Fsp3) is 0.154. The second-order valence-corrected chi connectivity index (χ2v) is 7.37. The van der Waals surface area contributed by atoms with Crippen LogP contribution in [0, 0.1) is 0 Å².